The first-order valence-electron chi connectivity index (χ1n) is 46.6. The summed E-state index contributed by atoms with van der Waals surface area (Å²) < 4.78 is 29.7. The van der Waals surface area contributed by atoms with Gasteiger partial charge in [0.1, 0.15) is 23.0 Å². The van der Waals surface area contributed by atoms with Crippen molar-refractivity contribution in [2.75, 3.05) is 0 Å². The van der Waals surface area contributed by atoms with Crippen molar-refractivity contribution in [1.29, 1.82) is 0 Å². The van der Waals surface area contributed by atoms with Gasteiger partial charge in [-0.2, -0.15) is 0 Å². The molecule has 0 spiro atoms. The summed E-state index contributed by atoms with van der Waals surface area (Å²) in [6.45, 7) is 23.9. The van der Waals surface area contributed by atoms with Crippen molar-refractivity contribution in [2.45, 2.75) is 250 Å². The number of esters is 5. The molecule has 1 aliphatic heterocycles. The summed E-state index contributed by atoms with van der Waals surface area (Å²) in [6.07, 6.45) is 17.1. The van der Waals surface area contributed by atoms with Gasteiger partial charge >= 0.3 is 29.8 Å². The summed E-state index contributed by atoms with van der Waals surface area (Å²) in [7, 11) is -0.904. The number of fused-ring (bicyclic) bond motifs is 2. The number of aryl methyl sites for hydroxylation is 8. The predicted molar refractivity (Wildman–Crippen MR) is 522 cm³/mol. The zero-order chi connectivity index (χ0) is 90.8. The minimum Gasteiger partial charge on any atom is -0.446 e. The van der Waals surface area contributed by atoms with E-state index in [-0.39, 0.29) is 78.3 Å². The molecule has 1 heterocycles. The van der Waals surface area contributed by atoms with Crippen LogP contribution in [0.3, 0.4) is 0 Å². The quantitative estimate of drug-likeness (QED) is 0.0389. The molecule has 14 heteroatoms. The van der Waals surface area contributed by atoms with E-state index in [9.17, 15) is 24.0 Å². The van der Waals surface area contributed by atoms with Crippen LogP contribution >= 0.6 is 0 Å². The number of hydrogen-bond acceptors (Lipinski definition) is 10. The van der Waals surface area contributed by atoms with Crippen molar-refractivity contribution < 1.29 is 47.7 Å². The van der Waals surface area contributed by atoms with Gasteiger partial charge in [0, 0.05) is 60.4 Å². The summed E-state index contributed by atoms with van der Waals surface area (Å²) in [6, 6.07) is 102. The Bertz CT molecular complexity index is 5770. The van der Waals surface area contributed by atoms with E-state index in [4.69, 9.17) is 23.7 Å². The molecule has 0 N–H and O–H groups in total. The van der Waals surface area contributed by atoms with Gasteiger partial charge in [0.15, 0.2) is 58.7 Å². The van der Waals surface area contributed by atoms with Crippen molar-refractivity contribution in [3.63, 3.8) is 0 Å². The Hall–Kier alpha value is -10.6. The first kappa shape index (κ1) is 91.3. The van der Waals surface area contributed by atoms with Gasteiger partial charge in [-0.25, -0.2) is 4.79 Å². The molecule has 12 aromatic rings. The first-order valence-corrected chi connectivity index (χ1v) is 51.5. The minimum absolute atomic E-state index is 0.0315. The largest absolute Gasteiger partial charge is 0.446 e. The highest BCUT2D eigenvalue weighted by Crippen LogP contribution is 2.67. The highest BCUT2D eigenvalue weighted by atomic mass is 32.2. The van der Waals surface area contributed by atoms with Gasteiger partial charge in [-0.3, -0.25) is 19.2 Å². The maximum atomic E-state index is 13.6. The van der Waals surface area contributed by atoms with Crippen molar-refractivity contribution in [1.82, 2.24) is 0 Å². The van der Waals surface area contributed by atoms with E-state index in [0.717, 1.165) is 116 Å². The Kier molecular flexibility index (Phi) is 27.2. The summed E-state index contributed by atoms with van der Waals surface area (Å²) in [4.78, 5) is 79.9. The SMILES string of the molecule is CCC(=O)Oc1c(C)cc([S+](c2ccccc2)c2ccccc2)cc1C.Cc1cc([S+](c2ccccc2)c2ccccc2)cc(C)c1OC(=O)C12CC3CC(CC(C3)C1)C2.Cc1cc([S+](c2ccccc2)c2ccccc2)cc(C)c1OC(=O)C12CCC(C)(C(=O)O1)C2(C)C.Cc1cc([S+](c2ccccc2)c2ccccc2)cc(C)c1OC(=O)CC12CC3CC(CC(C3)C1)C2. The normalized spacial score (nSPS) is 23.1. The van der Waals surface area contributed by atoms with Gasteiger partial charge in [-0.1, -0.05) is 166 Å². The summed E-state index contributed by atoms with van der Waals surface area (Å²) >= 11 is 0. The molecule has 1 saturated heterocycles. The molecule has 2 unspecified atom stereocenters. The van der Waals surface area contributed by atoms with Crippen molar-refractivity contribution in [2.24, 2.45) is 57.2 Å². The van der Waals surface area contributed by atoms with Crippen LogP contribution in [-0.4, -0.2) is 35.4 Å². The Morgan fingerprint density at radius 1 is 0.308 bits per heavy atom. The van der Waals surface area contributed by atoms with Gasteiger partial charge in [0.2, 0.25) is 5.60 Å². The Morgan fingerprint density at radius 2 is 0.538 bits per heavy atom. The maximum Gasteiger partial charge on any atom is 0.356 e. The standard InChI is InChI=1S/C32H35O2S.C31H33O2S.C30H31O4S.C23H23O2S/c1-22-13-29(35(27-9-5-3-6-10-27)28-11-7-4-8-12-28)14-23(2)31(22)34-30(33)21-32-18-24-15-25(19-32)17-26(16-24)20-32;1-21-13-28(34(26-9-5-3-6-10-26)27-11-7-4-8-12-27)14-22(2)29(21)33-30(32)31-18-23-15-24(19-31)17-25(16-23)20-31;1-20-18-24(35(22-12-8-6-9-13-22)23-14-10-7-11-15-23)19-21(2)25(20)33-27(32)30-17-16-29(5,26(31)34-30)28(30,3)4;1-4-22(24)25-23-17(2)15-21(16-18(23)3)26(19-11-7-5-8-12-19)20-13-9-6-10-14-20/h3-14,24-26H,15-21H2,1-2H3;3-14,23-25H,15-20H2,1-2H3;6-15,18-19H,16-17H2,1-5H3;5-16H,4H2,1-3H3/q4*+1. The molecule has 0 aromatic heterocycles. The molecule has 0 radical (unpaired) electrons. The zero-order valence-electron chi connectivity index (χ0n) is 77.2. The van der Waals surface area contributed by atoms with Crippen LogP contribution in [0.25, 0.3) is 0 Å². The third-order valence-corrected chi connectivity index (χ3v) is 38.0. The molecule has 130 heavy (non-hydrogen) atoms. The fourth-order valence-electron chi connectivity index (χ4n) is 23.4. The monoisotopic (exact) mass is 1800 g/mol. The van der Waals surface area contributed by atoms with E-state index >= 15 is 0 Å². The highest BCUT2D eigenvalue weighted by molar-refractivity contribution is 7.98. The van der Waals surface area contributed by atoms with Crippen LogP contribution in [-0.2, 0) is 72.3 Å². The van der Waals surface area contributed by atoms with E-state index < -0.39 is 22.4 Å². The molecule has 10 aliphatic rings. The molecule has 10 bridgehead atoms. The molecule has 0 amide bonds. The van der Waals surface area contributed by atoms with Crippen LogP contribution in [0.4, 0.5) is 0 Å². The zero-order valence-corrected chi connectivity index (χ0v) is 80.5. The summed E-state index contributed by atoms with van der Waals surface area (Å²) in [5, 5.41) is 0. The Labute approximate surface area is 781 Å². The highest BCUT2D eigenvalue weighted by Gasteiger charge is 2.77. The van der Waals surface area contributed by atoms with Crippen LogP contribution in [0.15, 0.2) is 350 Å². The topological polar surface area (TPSA) is 132 Å². The molecule has 10 nitrogen and oxygen atoms in total. The number of hydrogen-bond donors (Lipinski definition) is 0. The fourth-order valence-corrected chi connectivity index (χ4v) is 32.5. The Balaban J connectivity index is 0.000000122. The molecule has 22 rings (SSSR count). The van der Waals surface area contributed by atoms with Crippen LogP contribution < -0.4 is 18.9 Å². The maximum absolute atomic E-state index is 13.6. The minimum atomic E-state index is -1.24. The molecule has 12 aromatic carbocycles. The number of carbonyl (C=O) groups excluding carboxylic acids is 5. The molecule has 9 aliphatic carbocycles. The predicted octanol–water partition coefficient (Wildman–Crippen LogP) is 27.6. The van der Waals surface area contributed by atoms with Crippen molar-refractivity contribution in [3.05, 3.63) is 336 Å². The number of carbonyl (C=O) groups is 5. The molecule has 2 atom stereocenters. The van der Waals surface area contributed by atoms with Crippen LogP contribution in [0.5, 0.6) is 23.0 Å². The average Bonchev–Trinajstić information content (AvgIpc) is 1.51. The molecular formula is C116H122O10S4+4. The van der Waals surface area contributed by atoms with Crippen LogP contribution in [0, 0.1) is 113 Å². The van der Waals surface area contributed by atoms with E-state index in [1.807, 2.05) is 79.7 Å². The van der Waals surface area contributed by atoms with E-state index in [1.165, 1.54) is 112 Å². The first-order chi connectivity index (χ1) is 62.7. The van der Waals surface area contributed by atoms with Crippen molar-refractivity contribution >= 4 is 73.4 Å². The van der Waals surface area contributed by atoms with Crippen LogP contribution in [0.2, 0.25) is 0 Å². The lowest BCUT2D eigenvalue weighted by molar-refractivity contribution is -0.176. The van der Waals surface area contributed by atoms with Gasteiger partial charge in [0.25, 0.3) is 0 Å². The lowest BCUT2D eigenvalue weighted by Gasteiger charge is -2.56. The molecular weight excluding hydrogens is 1680 g/mol. The van der Waals surface area contributed by atoms with Gasteiger partial charge < -0.3 is 23.7 Å². The Morgan fingerprint density at radius 3 is 0.769 bits per heavy atom. The van der Waals surface area contributed by atoms with Gasteiger partial charge in [0.05, 0.1) is 60.8 Å². The number of benzene rings is 12. The third-order valence-electron chi connectivity index (χ3n) is 29.2. The van der Waals surface area contributed by atoms with Crippen LogP contribution in [0.1, 0.15) is 175 Å². The fraction of sp³-hybridized carbons (Fsp3) is 0.336. The molecule has 666 valence electrons. The lowest BCUT2D eigenvalue weighted by atomic mass is 9.49. The second-order valence-electron chi connectivity index (χ2n) is 38.8. The average molecular weight is 1800 g/mol. The second kappa shape index (κ2) is 38.7. The smallest absolute Gasteiger partial charge is 0.356 e. The van der Waals surface area contributed by atoms with Gasteiger partial charge in [-0.15, -0.1) is 0 Å². The van der Waals surface area contributed by atoms with E-state index in [0.29, 0.717) is 37.2 Å². The van der Waals surface area contributed by atoms with Crippen molar-refractivity contribution in [3.8, 4) is 23.0 Å². The number of rotatable bonds is 21. The van der Waals surface area contributed by atoms with E-state index in [2.05, 4.69) is 295 Å². The lowest BCUT2D eigenvalue weighted by Crippen LogP contribution is -2.51. The second-order valence-corrected chi connectivity index (χ2v) is 46.9. The third kappa shape index (κ3) is 18.9. The van der Waals surface area contributed by atoms with Gasteiger partial charge in [-0.05, 0) is 335 Å². The molecule has 10 fully saturated rings. The summed E-state index contributed by atoms with van der Waals surface area (Å²) in [5.74, 6) is 6.57. The molecule has 9 saturated carbocycles. The number of ether oxygens (including phenoxy) is 5. The van der Waals surface area contributed by atoms with E-state index in [1.54, 1.807) is 0 Å². The summed E-state index contributed by atoms with van der Waals surface area (Å²) in [5.41, 5.74) is 5.38.